The standard InChI is InChI=1S/C26H20BrClN2O3/c1-32-24-14-20-10-6-5-9-19(20)13-21(24)26(31)30-29-15-18-11-22(27)25(23(28)12-18)33-16-17-7-3-2-4-8-17/h2-15H,16H2,1H3,(H,30,31)/b29-15-. The number of nitrogens with zero attached hydrogens (tertiary/aromatic N) is 1. The Kier molecular flexibility index (Phi) is 7.27. The molecule has 1 N–H and O–H groups in total. The van der Waals surface area contributed by atoms with Gasteiger partial charge in [0.1, 0.15) is 12.4 Å². The van der Waals surface area contributed by atoms with Crippen molar-refractivity contribution in [2.45, 2.75) is 6.61 Å². The van der Waals surface area contributed by atoms with Crippen molar-refractivity contribution in [1.82, 2.24) is 5.43 Å². The summed E-state index contributed by atoms with van der Waals surface area (Å²) in [5, 5.41) is 6.44. The molecule has 0 aliphatic carbocycles. The van der Waals surface area contributed by atoms with Crippen LogP contribution in [0.3, 0.4) is 0 Å². The fraction of sp³-hybridized carbons (Fsp3) is 0.0769. The van der Waals surface area contributed by atoms with Gasteiger partial charge in [0.15, 0.2) is 5.75 Å². The zero-order valence-electron chi connectivity index (χ0n) is 17.7. The van der Waals surface area contributed by atoms with E-state index < -0.39 is 0 Å². The van der Waals surface area contributed by atoms with Gasteiger partial charge in [-0.05, 0) is 62.1 Å². The number of hydrogen-bond donors (Lipinski definition) is 1. The molecule has 7 heteroatoms. The highest BCUT2D eigenvalue weighted by molar-refractivity contribution is 9.10. The van der Waals surface area contributed by atoms with Gasteiger partial charge in [0, 0.05) is 0 Å². The van der Waals surface area contributed by atoms with E-state index in [1.807, 2.05) is 66.7 Å². The van der Waals surface area contributed by atoms with Gasteiger partial charge in [0.25, 0.3) is 5.91 Å². The Balaban J connectivity index is 1.46. The van der Waals surface area contributed by atoms with Gasteiger partial charge in [0.05, 0.1) is 28.4 Å². The normalized spacial score (nSPS) is 11.0. The second kappa shape index (κ2) is 10.5. The first-order valence-corrected chi connectivity index (χ1v) is 11.3. The van der Waals surface area contributed by atoms with Gasteiger partial charge in [-0.3, -0.25) is 4.79 Å². The van der Waals surface area contributed by atoms with Crippen molar-refractivity contribution in [3.8, 4) is 11.5 Å². The Hall–Kier alpha value is -3.35. The molecule has 0 aliphatic rings. The van der Waals surface area contributed by atoms with Crippen LogP contribution in [0.2, 0.25) is 5.02 Å². The highest BCUT2D eigenvalue weighted by Gasteiger charge is 2.13. The molecule has 0 aromatic heterocycles. The number of amides is 1. The number of benzene rings is 4. The fourth-order valence-corrected chi connectivity index (χ4v) is 4.30. The molecule has 1 amide bonds. The largest absolute Gasteiger partial charge is 0.496 e. The first kappa shape index (κ1) is 22.8. The third kappa shape index (κ3) is 5.53. The summed E-state index contributed by atoms with van der Waals surface area (Å²) in [6.45, 7) is 0.399. The SMILES string of the molecule is COc1cc2ccccc2cc1C(=O)N/N=C\c1cc(Cl)c(OCc2ccccc2)c(Br)c1. The number of fused-ring (bicyclic) bond motifs is 1. The summed E-state index contributed by atoms with van der Waals surface area (Å²) < 4.78 is 11.9. The number of hydrogen-bond acceptors (Lipinski definition) is 4. The van der Waals surface area contributed by atoms with Crippen molar-refractivity contribution < 1.29 is 14.3 Å². The molecular formula is C26H20BrClN2O3. The fourth-order valence-electron chi connectivity index (χ4n) is 3.31. The minimum atomic E-state index is -0.373. The topological polar surface area (TPSA) is 59.9 Å². The molecule has 0 radical (unpaired) electrons. The maximum absolute atomic E-state index is 12.7. The van der Waals surface area contributed by atoms with Crippen molar-refractivity contribution in [2.75, 3.05) is 7.11 Å². The lowest BCUT2D eigenvalue weighted by atomic mass is 10.1. The number of nitrogens with one attached hydrogen (secondary N) is 1. The van der Waals surface area contributed by atoms with Crippen LogP contribution in [0.15, 0.2) is 88.4 Å². The molecule has 0 bridgehead atoms. The average Bonchev–Trinajstić information content (AvgIpc) is 2.83. The van der Waals surface area contributed by atoms with E-state index in [0.29, 0.717) is 38.7 Å². The highest BCUT2D eigenvalue weighted by Crippen LogP contribution is 2.34. The van der Waals surface area contributed by atoms with Crippen LogP contribution in [-0.2, 0) is 6.61 Å². The van der Waals surface area contributed by atoms with Crippen molar-refractivity contribution in [1.29, 1.82) is 0 Å². The molecule has 0 heterocycles. The summed E-state index contributed by atoms with van der Waals surface area (Å²) in [6.07, 6.45) is 1.52. The lowest BCUT2D eigenvalue weighted by molar-refractivity contribution is 0.0952. The number of ether oxygens (including phenoxy) is 2. The number of halogens is 2. The van der Waals surface area contributed by atoms with Crippen LogP contribution in [0, 0.1) is 0 Å². The maximum atomic E-state index is 12.7. The summed E-state index contributed by atoms with van der Waals surface area (Å²) in [5.41, 5.74) is 4.69. The predicted molar refractivity (Wildman–Crippen MR) is 135 cm³/mol. The van der Waals surface area contributed by atoms with E-state index in [9.17, 15) is 4.79 Å². The van der Waals surface area contributed by atoms with Gasteiger partial charge in [-0.1, -0.05) is 66.2 Å². The first-order valence-electron chi connectivity index (χ1n) is 10.1. The number of rotatable bonds is 7. The molecule has 4 aromatic rings. The Morgan fingerprint density at radius 3 is 2.42 bits per heavy atom. The van der Waals surface area contributed by atoms with E-state index in [-0.39, 0.29) is 5.91 Å². The first-order chi connectivity index (χ1) is 16.0. The maximum Gasteiger partial charge on any atom is 0.275 e. The molecule has 0 saturated carbocycles. The van der Waals surface area contributed by atoms with Gasteiger partial charge in [-0.15, -0.1) is 0 Å². The van der Waals surface area contributed by atoms with E-state index in [4.69, 9.17) is 21.1 Å². The van der Waals surface area contributed by atoms with Crippen LogP contribution < -0.4 is 14.9 Å². The van der Waals surface area contributed by atoms with Crippen molar-refractivity contribution >= 4 is 50.4 Å². The van der Waals surface area contributed by atoms with Crippen LogP contribution in [0.25, 0.3) is 10.8 Å². The third-order valence-corrected chi connectivity index (χ3v) is 5.81. The van der Waals surface area contributed by atoms with Gasteiger partial charge < -0.3 is 9.47 Å². The monoisotopic (exact) mass is 522 g/mol. The Labute approximate surface area is 205 Å². The molecular weight excluding hydrogens is 504 g/mol. The lowest BCUT2D eigenvalue weighted by Gasteiger charge is -2.11. The molecule has 0 fully saturated rings. The van der Waals surface area contributed by atoms with Crippen LogP contribution in [0.1, 0.15) is 21.5 Å². The summed E-state index contributed by atoms with van der Waals surface area (Å²) in [5.74, 6) is 0.650. The van der Waals surface area contributed by atoms with Crippen LogP contribution in [0.4, 0.5) is 0 Å². The second-order valence-electron chi connectivity index (χ2n) is 7.19. The van der Waals surface area contributed by atoms with Gasteiger partial charge in [-0.25, -0.2) is 5.43 Å². The van der Waals surface area contributed by atoms with Gasteiger partial charge in [0.2, 0.25) is 0 Å². The van der Waals surface area contributed by atoms with E-state index >= 15 is 0 Å². The smallest absolute Gasteiger partial charge is 0.275 e. The van der Waals surface area contributed by atoms with E-state index in [1.54, 1.807) is 12.1 Å². The van der Waals surface area contributed by atoms with Gasteiger partial charge >= 0.3 is 0 Å². The predicted octanol–water partition coefficient (Wildman–Crippen LogP) is 6.61. The van der Waals surface area contributed by atoms with E-state index in [2.05, 4.69) is 26.5 Å². The number of methoxy groups -OCH3 is 1. The molecule has 33 heavy (non-hydrogen) atoms. The Bertz CT molecular complexity index is 1300. The number of carbonyl (C=O) groups excluding carboxylic acids is 1. The zero-order chi connectivity index (χ0) is 23.2. The third-order valence-electron chi connectivity index (χ3n) is 4.94. The van der Waals surface area contributed by atoms with Gasteiger partial charge in [-0.2, -0.15) is 5.10 Å². The molecule has 0 aliphatic heterocycles. The summed E-state index contributed by atoms with van der Waals surface area (Å²) in [6, 6.07) is 24.7. The van der Waals surface area contributed by atoms with Crippen molar-refractivity contribution in [3.05, 3.63) is 105 Å². The zero-order valence-corrected chi connectivity index (χ0v) is 20.1. The van der Waals surface area contributed by atoms with Crippen LogP contribution >= 0.6 is 27.5 Å². The molecule has 4 aromatic carbocycles. The number of hydrazone groups is 1. The Morgan fingerprint density at radius 1 is 1.03 bits per heavy atom. The van der Waals surface area contributed by atoms with E-state index in [1.165, 1.54) is 13.3 Å². The minimum Gasteiger partial charge on any atom is -0.496 e. The van der Waals surface area contributed by atoms with E-state index in [0.717, 1.165) is 16.3 Å². The lowest BCUT2D eigenvalue weighted by Crippen LogP contribution is -2.18. The highest BCUT2D eigenvalue weighted by atomic mass is 79.9. The Morgan fingerprint density at radius 2 is 1.73 bits per heavy atom. The summed E-state index contributed by atoms with van der Waals surface area (Å²) in [4.78, 5) is 12.7. The molecule has 0 unspecified atom stereocenters. The summed E-state index contributed by atoms with van der Waals surface area (Å²) in [7, 11) is 1.53. The molecule has 0 saturated heterocycles. The molecule has 0 atom stereocenters. The van der Waals surface area contributed by atoms with Crippen LogP contribution in [-0.4, -0.2) is 19.2 Å². The number of carbonyl (C=O) groups is 1. The summed E-state index contributed by atoms with van der Waals surface area (Å²) >= 11 is 9.91. The second-order valence-corrected chi connectivity index (χ2v) is 8.45. The molecule has 166 valence electrons. The molecule has 4 rings (SSSR count). The molecule has 5 nitrogen and oxygen atoms in total. The van der Waals surface area contributed by atoms with Crippen molar-refractivity contribution in [2.24, 2.45) is 5.10 Å². The quantitative estimate of drug-likeness (QED) is 0.219. The van der Waals surface area contributed by atoms with Crippen molar-refractivity contribution in [3.63, 3.8) is 0 Å². The average molecular weight is 524 g/mol. The minimum absolute atomic E-state index is 0.373. The molecule has 0 spiro atoms. The van der Waals surface area contributed by atoms with Crippen LogP contribution in [0.5, 0.6) is 11.5 Å².